The van der Waals surface area contributed by atoms with Gasteiger partial charge >= 0.3 is 0 Å². The van der Waals surface area contributed by atoms with Crippen molar-refractivity contribution in [2.24, 2.45) is 28.6 Å². The Labute approximate surface area is 162 Å². The second-order valence-corrected chi connectivity index (χ2v) is 10.5. The van der Waals surface area contributed by atoms with Crippen molar-refractivity contribution >= 4 is 0 Å². The van der Waals surface area contributed by atoms with Gasteiger partial charge in [0.25, 0.3) is 0 Å². The molecular formula is C23H34O4. The van der Waals surface area contributed by atoms with Gasteiger partial charge in [-0.15, -0.1) is 0 Å². The summed E-state index contributed by atoms with van der Waals surface area (Å²) in [6.45, 7) is 8.11. The van der Waals surface area contributed by atoms with Crippen LogP contribution in [0.3, 0.4) is 0 Å². The number of allylic oxidation sites excluding steroid dienone is 1. The van der Waals surface area contributed by atoms with E-state index in [0.717, 1.165) is 63.4 Å². The Morgan fingerprint density at radius 1 is 0.815 bits per heavy atom. The van der Waals surface area contributed by atoms with Crippen LogP contribution in [-0.2, 0) is 18.9 Å². The Bertz CT molecular complexity index is 659. The van der Waals surface area contributed by atoms with Crippen LogP contribution in [0.4, 0.5) is 0 Å². The van der Waals surface area contributed by atoms with Gasteiger partial charge in [-0.1, -0.05) is 25.5 Å². The summed E-state index contributed by atoms with van der Waals surface area (Å²) in [7, 11) is 0. The Kier molecular flexibility index (Phi) is 3.61. The fourth-order valence-corrected chi connectivity index (χ4v) is 8.23. The number of hydrogen-bond acceptors (Lipinski definition) is 4. The molecular weight excluding hydrogens is 340 g/mol. The number of hydrogen-bond donors (Lipinski definition) is 0. The largest absolute Gasteiger partial charge is 0.347 e. The first-order valence-electron chi connectivity index (χ1n) is 11.3. The van der Waals surface area contributed by atoms with Crippen LogP contribution in [0.15, 0.2) is 11.6 Å². The van der Waals surface area contributed by atoms with Crippen molar-refractivity contribution in [2.75, 3.05) is 26.4 Å². The maximum atomic E-state index is 6.28. The molecule has 2 aliphatic heterocycles. The topological polar surface area (TPSA) is 36.9 Å². The Morgan fingerprint density at radius 2 is 1.52 bits per heavy atom. The molecule has 2 heterocycles. The summed E-state index contributed by atoms with van der Waals surface area (Å²) in [5.74, 6) is 1.73. The molecule has 0 bridgehead atoms. The van der Waals surface area contributed by atoms with E-state index in [9.17, 15) is 0 Å². The normalized spacial score (nSPS) is 49.7. The van der Waals surface area contributed by atoms with Crippen molar-refractivity contribution < 1.29 is 18.9 Å². The molecule has 5 fully saturated rings. The zero-order valence-electron chi connectivity index (χ0n) is 16.9. The molecule has 0 unspecified atom stereocenters. The first-order valence-corrected chi connectivity index (χ1v) is 11.3. The van der Waals surface area contributed by atoms with Gasteiger partial charge in [0, 0.05) is 24.7 Å². The maximum Gasteiger partial charge on any atom is 0.174 e. The first-order chi connectivity index (χ1) is 13.0. The highest BCUT2D eigenvalue weighted by atomic mass is 16.7. The molecule has 0 N–H and O–H groups in total. The first kappa shape index (κ1) is 17.4. The summed E-state index contributed by atoms with van der Waals surface area (Å²) in [6.07, 6.45) is 12.0. The second-order valence-electron chi connectivity index (χ2n) is 10.5. The van der Waals surface area contributed by atoms with Gasteiger partial charge < -0.3 is 18.9 Å². The predicted molar refractivity (Wildman–Crippen MR) is 101 cm³/mol. The molecule has 5 atom stereocenters. The minimum atomic E-state index is -0.301. The molecule has 0 amide bonds. The fourth-order valence-electron chi connectivity index (χ4n) is 8.23. The average Bonchev–Trinajstić information content (AvgIpc) is 3.38. The molecule has 27 heavy (non-hydrogen) atoms. The minimum absolute atomic E-state index is 0.194. The van der Waals surface area contributed by atoms with Crippen molar-refractivity contribution in [1.82, 2.24) is 0 Å². The molecule has 0 aromatic carbocycles. The van der Waals surface area contributed by atoms with Gasteiger partial charge in [0.1, 0.15) is 0 Å². The van der Waals surface area contributed by atoms with E-state index in [1.165, 1.54) is 32.1 Å². The van der Waals surface area contributed by atoms with Crippen molar-refractivity contribution in [1.29, 1.82) is 0 Å². The van der Waals surface area contributed by atoms with Gasteiger partial charge in [-0.25, -0.2) is 0 Å². The van der Waals surface area contributed by atoms with Gasteiger partial charge in [0.2, 0.25) is 0 Å². The molecule has 0 aromatic rings. The molecule has 3 saturated carbocycles. The van der Waals surface area contributed by atoms with Crippen molar-refractivity contribution in [3.8, 4) is 0 Å². The number of ether oxygens (including phenoxy) is 4. The molecule has 2 saturated heterocycles. The molecule has 150 valence electrons. The van der Waals surface area contributed by atoms with E-state index in [-0.39, 0.29) is 17.0 Å². The molecule has 2 spiro atoms. The van der Waals surface area contributed by atoms with Crippen LogP contribution in [0, 0.1) is 28.6 Å². The van der Waals surface area contributed by atoms with Crippen LogP contribution in [0.2, 0.25) is 0 Å². The third-order valence-corrected chi connectivity index (χ3v) is 9.72. The Balaban J connectivity index is 1.32. The highest BCUT2D eigenvalue weighted by molar-refractivity contribution is 5.27. The zero-order chi connectivity index (χ0) is 18.3. The van der Waals surface area contributed by atoms with Crippen LogP contribution in [-0.4, -0.2) is 38.0 Å². The lowest BCUT2D eigenvalue weighted by molar-refractivity contribution is -0.243. The van der Waals surface area contributed by atoms with Crippen LogP contribution < -0.4 is 0 Å². The summed E-state index contributed by atoms with van der Waals surface area (Å²) < 4.78 is 24.7. The van der Waals surface area contributed by atoms with E-state index in [4.69, 9.17) is 18.9 Å². The number of rotatable bonds is 0. The maximum absolute atomic E-state index is 6.28. The molecule has 4 heteroatoms. The molecule has 6 rings (SSSR count). The quantitative estimate of drug-likeness (QED) is 0.588. The van der Waals surface area contributed by atoms with E-state index in [2.05, 4.69) is 19.9 Å². The van der Waals surface area contributed by atoms with Crippen molar-refractivity contribution in [3.63, 3.8) is 0 Å². The van der Waals surface area contributed by atoms with E-state index >= 15 is 0 Å². The van der Waals surface area contributed by atoms with Crippen LogP contribution >= 0.6 is 0 Å². The zero-order valence-corrected chi connectivity index (χ0v) is 16.9. The third-order valence-electron chi connectivity index (χ3n) is 9.72. The fraction of sp³-hybridized carbons (Fsp3) is 0.913. The number of fused-ring (bicyclic) bond motifs is 6. The lowest BCUT2D eigenvalue weighted by Crippen LogP contribution is -2.55. The molecule has 0 radical (unpaired) electrons. The smallest absolute Gasteiger partial charge is 0.174 e. The lowest BCUT2D eigenvalue weighted by Gasteiger charge is -2.59. The van der Waals surface area contributed by atoms with Gasteiger partial charge in [-0.05, 0) is 55.3 Å². The summed E-state index contributed by atoms with van der Waals surface area (Å²) >= 11 is 0. The third kappa shape index (κ3) is 2.14. The summed E-state index contributed by atoms with van der Waals surface area (Å²) in [4.78, 5) is 0. The van der Waals surface area contributed by atoms with Gasteiger partial charge in [0.05, 0.1) is 26.4 Å². The standard InChI is InChI=1S/C23H34O4/c1-20-9-10-22(24-11-12-25-22)15-16(20)3-4-17-18(20)5-7-21(2)19(17)6-8-23(21)26-13-14-27-23/h3,17-19H,4-15H2,1-2H3/t17-,18-,19+,20-,21+/m0/s1. The monoisotopic (exact) mass is 374 g/mol. The summed E-state index contributed by atoms with van der Waals surface area (Å²) in [5, 5.41) is 0. The van der Waals surface area contributed by atoms with Crippen LogP contribution in [0.5, 0.6) is 0 Å². The molecule has 4 aliphatic carbocycles. The van der Waals surface area contributed by atoms with Gasteiger partial charge in [-0.2, -0.15) is 0 Å². The van der Waals surface area contributed by atoms with E-state index in [1.54, 1.807) is 5.57 Å². The summed E-state index contributed by atoms with van der Waals surface area (Å²) in [5.41, 5.74) is 2.15. The molecule has 6 aliphatic rings. The molecule has 0 aromatic heterocycles. The van der Waals surface area contributed by atoms with Gasteiger partial charge in [0.15, 0.2) is 11.6 Å². The van der Waals surface area contributed by atoms with Gasteiger partial charge in [-0.3, -0.25) is 0 Å². The lowest BCUT2D eigenvalue weighted by atomic mass is 9.47. The minimum Gasteiger partial charge on any atom is -0.347 e. The van der Waals surface area contributed by atoms with Crippen molar-refractivity contribution in [3.05, 3.63) is 11.6 Å². The molecule has 4 nitrogen and oxygen atoms in total. The van der Waals surface area contributed by atoms with E-state index in [0.29, 0.717) is 5.41 Å². The van der Waals surface area contributed by atoms with Crippen molar-refractivity contribution in [2.45, 2.75) is 76.8 Å². The highest BCUT2D eigenvalue weighted by Gasteiger charge is 2.67. The average molecular weight is 375 g/mol. The SMILES string of the molecule is C[C@]12CCC3(CC1=CC[C@@H]1[C@H]4CCC5(OCCO5)[C@]4(C)CC[C@@H]12)OCCO3. The summed E-state index contributed by atoms with van der Waals surface area (Å²) in [6, 6.07) is 0. The Hall–Kier alpha value is -0.420. The Morgan fingerprint density at radius 3 is 2.30 bits per heavy atom. The predicted octanol–water partition coefficient (Wildman–Crippen LogP) is 4.44. The van der Waals surface area contributed by atoms with Crippen LogP contribution in [0.25, 0.3) is 0 Å². The van der Waals surface area contributed by atoms with E-state index in [1.807, 2.05) is 0 Å². The highest BCUT2D eigenvalue weighted by Crippen LogP contribution is 2.69. The second kappa shape index (κ2) is 5.59. The van der Waals surface area contributed by atoms with E-state index < -0.39 is 0 Å². The van der Waals surface area contributed by atoms with Crippen LogP contribution in [0.1, 0.15) is 65.2 Å².